The van der Waals surface area contributed by atoms with E-state index in [2.05, 4.69) is 11.9 Å². The van der Waals surface area contributed by atoms with E-state index in [1.165, 1.54) is 12.8 Å². The zero-order chi connectivity index (χ0) is 9.14. The van der Waals surface area contributed by atoms with Crippen LogP contribution in [0.5, 0.6) is 0 Å². The molecule has 3 nitrogen and oxygen atoms in total. The molecule has 1 amide bonds. The summed E-state index contributed by atoms with van der Waals surface area (Å²) in [6.07, 6.45) is 2.54. The summed E-state index contributed by atoms with van der Waals surface area (Å²) in [7, 11) is 0. The molecule has 0 radical (unpaired) electrons. The Morgan fingerprint density at radius 3 is 2.67 bits per heavy atom. The molecule has 1 rings (SSSR count). The minimum atomic E-state index is -0.342. The number of hydrogen-bond acceptors (Lipinski definition) is 2. The normalized spacial score (nSPS) is 18.8. The van der Waals surface area contributed by atoms with E-state index < -0.39 is 0 Å². The van der Waals surface area contributed by atoms with Crippen LogP contribution in [0.2, 0.25) is 0 Å². The summed E-state index contributed by atoms with van der Waals surface area (Å²) in [6.45, 7) is 6.42. The first kappa shape index (κ1) is 9.26. The lowest BCUT2D eigenvalue weighted by Gasteiger charge is -2.14. The van der Waals surface area contributed by atoms with Crippen molar-refractivity contribution in [2.24, 2.45) is 11.7 Å². The summed E-state index contributed by atoms with van der Waals surface area (Å²) in [5, 5.41) is 3.11. The molecule has 12 heavy (non-hydrogen) atoms. The molecule has 0 aromatic carbocycles. The predicted octanol–water partition coefficient (Wildman–Crippen LogP) is 0.416. The van der Waals surface area contributed by atoms with E-state index >= 15 is 0 Å². The maximum absolute atomic E-state index is 10.9. The topological polar surface area (TPSA) is 55.1 Å². The van der Waals surface area contributed by atoms with Gasteiger partial charge in [-0.2, -0.15) is 0 Å². The van der Waals surface area contributed by atoms with Crippen LogP contribution < -0.4 is 11.1 Å². The summed E-state index contributed by atoms with van der Waals surface area (Å²) in [5.74, 6) is 0.425. The van der Waals surface area contributed by atoms with Gasteiger partial charge in [0.15, 0.2) is 0 Å². The molecule has 3 heteroatoms. The Hall–Kier alpha value is -0.830. The number of nitrogens with two attached hydrogens (primary N) is 1. The second kappa shape index (κ2) is 3.72. The standard InChI is InChI=1S/C9H16N2O/c1-6(2)8(9(10)12)11-5-7-3-4-7/h7-8,11H,1,3-5H2,2H3,(H2,10,12). The van der Waals surface area contributed by atoms with Gasteiger partial charge >= 0.3 is 0 Å². The zero-order valence-corrected chi connectivity index (χ0v) is 7.47. The van der Waals surface area contributed by atoms with Crippen LogP contribution in [-0.2, 0) is 4.79 Å². The van der Waals surface area contributed by atoms with Gasteiger partial charge in [0, 0.05) is 0 Å². The minimum absolute atomic E-state index is 0.330. The summed E-state index contributed by atoms with van der Waals surface area (Å²) >= 11 is 0. The number of rotatable bonds is 5. The third kappa shape index (κ3) is 2.66. The number of hydrogen-bond donors (Lipinski definition) is 2. The highest BCUT2D eigenvalue weighted by molar-refractivity contribution is 5.82. The van der Waals surface area contributed by atoms with E-state index in [9.17, 15) is 4.79 Å². The summed E-state index contributed by atoms with van der Waals surface area (Å²) in [6, 6.07) is -0.342. The van der Waals surface area contributed by atoms with Gasteiger partial charge in [0.25, 0.3) is 0 Å². The second-order valence-electron chi connectivity index (χ2n) is 3.53. The molecule has 1 atom stereocenters. The van der Waals surface area contributed by atoms with Crippen molar-refractivity contribution in [3.05, 3.63) is 12.2 Å². The Bertz CT molecular complexity index is 183. The predicted molar refractivity (Wildman–Crippen MR) is 48.5 cm³/mol. The van der Waals surface area contributed by atoms with Gasteiger partial charge in [-0.3, -0.25) is 4.79 Å². The monoisotopic (exact) mass is 168 g/mol. The average Bonchev–Trinajstić information content (AvgIpc) is 2.69. The number of nitrogens with one attached hydrogen (secondary N) is 1. The van der Waals surface area contributed by atoms with Crippen molar-refractivity contribution in [3.8, 4) is 0 Å². The molecule has 0 aromatic rings. The van der Waals surface area contributed by atoms with Crippen molar-refractivity contribution in [2.45, 2.75) is 25.8 Å². The first-order valence-corrected chi connectivity index (χ1v) is 4.29. The van der Waals surface area contributed by atoms with Gasteiger partial charge in [0.2, 0.25) is 5.91 Å². The quantitative estimate of drug-likeness (QED) is 0.584. The molecule has 1 aliphatic rings. The molecule has 1 unspecified atom stereocenters. The number of primary amides is 1. The van der Waals surface area contributed by atoms with Gasteiger partial charge in [0.05, 0.1) is 0 Å². The number of carbonyl (C=O) groups is 1. The van der Waals surface area contributed by atoms with Crippen molar-refractivity contribution in [1.82, 2.24) is 5.32 Å². The first-order chi connectivity index (χ1) is 5.61. The molecule has 0 spiro atoms. The highest BCUT2D eigenvalue weighted by Gasteiger charge is 2.23. The van der Waals surface area contributed by atoms with Gasteiger partial charge in [-0.05, 0) is 32.2 Å². The van der Waals surface area contributed by atoms with Gasteiger partial charge < -0.3 is 11.1 Å². The molecule has 0 saturated heterocycles. The van der Waals surface area contributed by atoms with Crippen molar-refractivity contribution < 1.29 is 4.79 Å². The third-order valence-electron chi connectivity index (χ3n) is 2.08. The largest absolute Gasteiger partial charge is 0.368 e. The molecule has 1 aliphatic carbocycles. The lowest BCUT2D eigenvalue weighted by Crippen LogP contribution is -2.42. The molecule has 3 N–H and O–H groups in total. The highest BCUT2D eigenvalue weighted by Crippen LogP contribution is 2.27. The maximum Gasteiger partial charge on any atom is 0.238 e. The van der Waals surface area contributed by atoms with Crippen LogP contribution in [0.25, 0.3) is 0 Å². The van der Waals surface area contributed by atoms with Crippen LogP contribution in [0, 0.1) is 5.92 Å². The lowest BCUT2D eigenvalue weighted by molar-refractivity contribution is -0.119. The van der Waals surface area contributed by atoms with Gasteiger partial charge in [0.1, 0.15) is 6.04 Å². The van der Waals surface area contributed by atoms with Crippen LogP contribution in [0.4, 0.5) is 0 Å². The SMILES string of the molecule is C=C(C)C(NCC1CC1)C(N)=O. The van der Waals surface area contributed by atoms with Crippen LogP contribution in [0.15, 0.2) is 12.2 Å². The van der Waals surface area contributed by atoms with Crippen LogP contribution in [-0.4, -0.2) is 18.5 Å². The highest BCUT2D eigenvalue weighted by atomic mass is 16.1. The van der Waals surface area contributed by atoms with E-state index in [1.807, 2.05) is 6.92 Å². The lowest BCUT2D eigenvalue weighted by atomic mass is 10.1. The average molecular weight is 168 g/mol. The van der Waals surface area contributed by atoms with Crippen molar-refractivity contribution in [3.63, 3.8) is 0 Å². The Morgan fingerprint density at radius 1 is 1.75 bits per heavy atom. The number of amides is 1. The number of carbonyl (C=O) groups excluding carboxylic acids is 1. The van der Waals surface area contributed by atoms with E-state index in [-0.39, 0.29) is 11.9 Å². The van der Waals surface area contributed by atoms with Crippen LogP contribution in [0.3, 0.4) is 0 Å². The van der Waals surface area contributed by atoms with Crippen molar-refractivity contribution in [1.29, 1.82) is 0 Å². The molecule has 1 fully saturated rings. The Balaban J connectivity index is 2.31. The first-order valence-electron chi connectivity index (χ1n) is 4.29. The fourth-order valence-corrected chi connectivity index (χ4v) is 1.12. The fourth-order valence-electron chi connectivity index (χ4n) is 1.12. The molecule has 68 valence electrons. The van der Waals surface area contributed by atoms with Crippen molar-refractivity contribution >= 4 is 5.91 Å². The van der Waals surface area contributed by atoms with Gasteiger partial charge in [-0.1, -0.05) is 12.2 Å². The van der Waals surface area contributed by atoms with E-state index in [4.69, 9.17) is 5.73 Å². The molecule has 0 heterocycles. The molecule has 0 aromatic heterocycles. The summed E-state index contributed by atoms with van der Waals surface area (Å²) in [4.78, 5) is 10.9. The fraction of sp³-hybridized carbons (Fsp3) is 0.667. The Morgan fingerprint density at radius 2 is 2.33 bits per heavy atom. The van der Waals surface area contributed by atoms with Crippen LogP contribution >= 0.6 is 0 Å². The van der Waals surface area contributed by atoms with Crippen molar-refractivity contribution in [2.75, 3.05) is 6.54 Å². The molecule has 1 saturated carbocycles. The summed E-state index contributed by atoms with van der Waals surface area (Å²) < 4.78 is 0. The minimum Gasteiger partial charge on any atom is -0.368 e. The molecular weight excluding hydrogens is 152 g/mol. The Kier molecular flexibility index (Phi) is 2.87. The molecular formula is C9H16N2O. The second-order valence-corrected chi connectivity index (χ2v) is 3.53. The zero-order valence-electron chi connectivity index (χ0n) is 7.47. The Labute approximate surface area is 73.0 Å². The molecule has 0 bridgehead atoms. The maximum atomic E-state index is 10.9. The van der Waals surface area contributed by atoms with Gasteiger partial charge in [-0.15, -0.1) is 0 Å². The third-order valence-corrected chi connectivity index (χ3v) is 2.08. The summed E-state index contributed by atoms with van der Waals surface area (Å²) in [5.41, 5.74) is 5.98. The van der Waals surface area contributed by atoms with E-state index in [0.29, 0.717) is 0 Å². The smallest absolute Gasteiger partial charge is 0.238 e. The van der Waals surface area contributed by atoms with Gasteiger partial charge in [-0.25, -0.2) is 0 Å². The van der Waals surface area contributed by atoms with E-state index in [0.717, 1.165) is 18.0 Å². The van der Waals surface area contributed by atoms with Crippen LogP contribution in [0.1, 0.15) is 19.8 Å². The van der Waals surface area contributed by atoms with E-state index in [1.54, 1.807) is 0 Å². The molecule has 0 aliphatic heterocycles.